The molecule has 0 heterocycles. The Hall–Kier alpha value is -0.860. The van der Waals surface area contributed by atoms with Gasteiger partial charge in [0.05, 0.1) is 0 Å². The molecule has 2 aromatic carbocycles. The zero-order valence-electron chi connectivity index (χ0n) is 8.22. The van der Waals surface area contributed by atoms with E-state index in [0.717, 1.165) is 16.2 Å². The van der Waals surface area contributed by atoms with E-state index in [1.807, 2.05) is 24.3 Å². The molecule has 2 heteroatoms. The Morgan fingerprint density at radius 2 is 1.20 bits per heavy atom. The van der Waals surface area contributed by atoms with Gasteiger partial charge in [-0.2, -0.15) is 0 Å². The first-order valence-corrected chi connectivity index (χ1v) is 5.69. The third-order valence-corrected chi connectivity index (χ3v) is 2.79. The molecular formula is C13H12S2. The summed E-state index contributed by atoms with van der Waals surface area (Å²) in [5, 5.41) is 0. The number of rotatable bonds is 2. The first-order chi connectivity index (χ1) is 7.24. The molecule has 0 aliphatic heterocycles. The molecule has 0 N–H and O–H groups in total. The van der Waals surface area contributed by atoms with Gasteiger partial charge in [0.25, 0.3) is 0 Å². The molecule has 0 nitrogen and oxygen atoms in total. The predicted octanol–water partition coefficient (Wildman–Crippen LogP) is 3.85. The second kappa shape index (κ2) is 4.77. The fraction of sp³-hybridized carbons (Fsp3) is 0.0769. The lowest BCUT2D eigenvalue weighted by molar-refractivity contribution is 1.16. The number of hydrogen-bond donors (Lipinski definition) is 2. The first kappa shape index (κ1) is 10.7. The second-order valence-corrected chi connectivity index (χ2v) is 4.55. The molecule has 15 heavy (non-hydrogen) atoms. The van der Waals surface area contributed by atoms with Crippen molar-refractivity contribution in [1.82, 2.24) is 0 Å². The number of hydrogen-bond acceptors (Lipinski definition) is 2. The fourth-order valence-corrected chi connectivity index (χ4v) is 2.07. The lowest BCUT2D eigenvalue weighted by Gasteiger charge is -2.03. The quantitative estimate of drug-likeness (QED) is 0.722. The van der Waals surface area contributed by atoms with Crippen LogP contribution < -0.4 is 0 Å². The van der Waals surface area contributed by atoms with E-state index >= 15 is 0 Å². The van der Waals surface area contributed by atoms with Crippen molar-refractivity contribution in [2.75, 3.05) is 0 Å². The Bertz CT molecular complexity index is 420. The van der Waals surface area contributed by atoms with Gasteiger partial charge in [-0.15, -0.1) is 25.3 Å². The van der Waals surface area contributed by atoms with Gasteiger partial charge in [0.2, 0.25) is 0 Å². The van der Waals surface area contributed by atoms with Crippen molar-refractivity contribution in [2.45, 2.75) is 16.2 Å². The Morgan fingerprint density at radius 1 is 0.733 bits per heavy atom. The van der Waals surface area contributed by atoms with Crippen molar-refractivity contribution in [1.29, 1.82) is 0 Å². The normalized spacial score (nSPS) is 10.3. The van der Waals surface area contributed by atoms with Crippen LogP contribution in [-0.4, -0.2) is 0 Å². The molecule has 0 saturated carbocycles. The second-order valence-electron chi connectivity index (χ2n) is 3.52. The molecule has 0 atom stereocenters. The minimum atomic E-state index is 0.933. The van der Waals surface area contributed by atoms with E-state index in [1.54, 1.807) is 0 Å². The van der Waals surface area contributed by atoms with Gasteiger partial charge in [-0.05, 0) is 41.8 Å². The van der Waals surface area contributed by atoms with Crippen LogP contribution in [0.15, 0.2) is 58.3 Å². The largest absolute Gasteiger partial charge is 0.143 e. The molecular weight excluding hydrogens is 220 g/mol. The van der Waals surface area contributed by atoms with E-state index in [-0.39, 0.29) is 0 Å². The van der Waals surface area contributed by atoms with Gasteiger partial charge in [0, 0.05) is 9.79 Å². The van der Waals surface area contributed by atoms with Gasteiger partial charge in [0.1, 0.15) is 0 Å². The highest BCUT2D eigenvalue weighted by Gasteiger charge is 1.97. The average Bonchev–Trinajstić information content (AvgIpc) is 2.17. The van der Waals surface area contributed by atoms with Crippen LogP contribution in [0.2, 0.25) is 0 Å². The van der Waals surface area contributed by atoms with Gasteiger partial charge in [0.15, 0.2) is 0 Å². The SMILES string of the molecule is Sc1cccc(Cc2cccc(S)c2)c1. The highest BCUT2D eigenvalue weighted by Crippen LogP contribution is 2.15. The Balaban J connectivity index is 2.22. The van der Waals surface area contributed by atoms with E-state index in [0.29, 0.717) is 0 Å². The van der Waals surface area contributed by atoms with Crippen molar-refractivity contribution in [3.63, 3.8) is 0 Å². The summed E-state index contributed by atoms with van der Waals surface area (Å²) in [6, 6.07) is 16.5. The molecule has 0 fully saturated rings. The van der Waals surface area contributed by atoms with E-state index in [4.69, 9.17) is 0 Å². The minimum absolute atomic E-state index is 0.933. The van der Waals surface area contributed by atoms with Gasteiger partial charge < -0.3 is 0 Å². The molecule has 0 aliphatic rings. The molecule has 0 aliphatic carbocycles. The molecule has 0 amide bonds. The summed E-state index contributed by atoms with van der Waals surface area (Å²) >= 11 is 8.65. The Morgan fingerprint density at radius 3 is 1.60 bits per heavy atom. The topological polar surface area (TPSA) is 0 Å². The summed E-state index contributed by atoms with van der Waals surface area (Å²) in [5.74, 6) is 0. The maximum absolute atomic E-state index is 4.33. The smallest absolute Gasteiger partial charge is 0.00428 e. The summed E-state index contributed by atoms with van der Waals surface area (Å²) in [5.41, 5.74) is 2.56. The zero-order valence-corrected chi connectivity index (χ0v) is 10.0. The molecule has 0 radical (unpaired) electrons. The molecule has 76 valence electrons. The first-order valence-electron chi connectivity index (χ1n) is 4.80. The monoisotopic (exact) mass is 232 g/mol. The van der Waals surface area contributed by atoms with Crippen molar-refractivity contribution >= 4 is 25.3 Å². The predicted molar refractivity (Wildman–Crippen MR) is 70.2 cm³/mol. The lowest BCUT2D eigenvalue weighted by atomic mass is 10.1. The average molecular weight is 232 g/mol. The highest BCUT2D eigenvalue weighted by molar-refractivity contribution is 7.80. The summed E-state index contributed by atoms with van der Waals surface area (Å²) in [6.07, 6.45) is 0.933. The Kier molecular flexibility index (Phi) is 3.39. The molecule has 0 aromatic heterocycles. The lowest BCUT2D eigenvalue weighted by Crippen LogP contribution is -1.87. The van der Waals surface area contributed by atoms with Crippen molar-refractivity contribution < 1.29 is 0 Å². The van der Waals surface area contributed by atoms with Gasteiger partial charge >= 0.3 is 0 Å². The maximum Gasteiger partial charge on any atom is 0.00428 e. The third kappa shape index (κ3) is 3.05. The summed E-state index contributed by atoms with van der Waals surface area (Å²) in [7, 11) is 0. The maximum atomic E-state index is 4.33. The zero-order chi connectivity index (χ0) is 10.7. The summed E-state index contributed by atoms with van der Waals surface area (Å²) in [4.78, 5) is 2.02. The van der Waals surface area contributed by atoms with Crippen LogP contribution in [0.3, 0.4) is 0 Å². The summed E-state index contributed by atoms with van der Waals surface area (Å²) < 4.78 is 0. The number of thiol groups is 2. The van der Waals surface area contributed by atoms with E-state index in [9.17, 15) is 0 Å². The third-order valence-electron chi connectivity index (χ3n) is 2.23. The van der Waals surface area contributed by atoms with Crippen LogP contribution >= 0.6 is 25.3 Å². The Labute approximate surface area is 101 Å². The van der Waals surface area contributed by atoms with Crippen LogP contribution in [0.25, 0.3) is 0 Å². The summed E-state index contributed by atoms with van der Waals surface area (Å²) in [6.45, 7) is 0. The molecule has 0 unspecified atom stereocenters. The molecule has 0 saturated heterocycles. The van der Waals surface area contributed by atoms with E-state index in [1.165, 1.54) is 11.1 Å². The molecule has 0 spiro atoms. The minimum Gasteiger partial charge on any atom is -0.143 e. The van der Waals surface area contributed by atoms with Crippen molar-refractivity contribution in [3.8, 4) is 0 Å². The van der Waals surface area contributed by atoms with Crippen molar-refractivity contribution in [3.05, 3.63) is 59.7 Å². The van der Waals surface area contributed by atoms with Crippen LogP contribution in [0, 0.1) is 0 Å². The van der Waals surface area contributed by atoms with Crippen LogP contribution in [0.5, 0.6) is 0 Å². The van der Waals surface area contributed by atoms with Crippen LogP contribution in [0.1, 0.15) is 11.1 Å². The fourth-order valence-electron chi connectivity index (χ4n) is 1.57. The van der Waals surface area contributed by atoms with Crippen LogP contribution in [-0.2, 0) is 6.42 Å². The molecule has 0 bridgehead atoms. The van der Waals surface area contributed by atoms with Gasteiger partial charge in [-0.25, -0.2) is 0 Å². The number of benzene rings is 2. The van der Waals surface area contributed by atoms with E-state index in [2.05, 4.69) is 49.5 Å². The molecule has 2 rings (SSSR count). The van der Waals surface area contributed by atoms with Crippen molar-refractivity contribution in [2.24, 2.45) is 0 Å². The van der Waals surface area contributed by atoms with Crippen LogP contribution in [0.4, 0.5) is 0 Å². The van der Waals surface area contributed by atoms with Gasteiger partial charge in [-0.3, -0.25) is 0 Å². The van der Waals surface area contributed by atoms with E-state index < -0.39 is 0 Å². The molecule has 2 aromatic rings. The van der Waals surface area contributed by atoms with Gasteiger partial charge in [-0.1, -0.05) is 24.3 Å². The standard InChI is InChI=1S/C13H12S2/c14-12-5-1-3-10(8-12)7-11-4-2-6-13(15)9-11/h1-6,8-9,14-15H,7H2. The highest BCUT2D eigenvalue weighted by atomic mass is 32.1.